The summed E-state index contributed by atoms with van der Waals surface area (Å²) < 4.78 is 5.13. The number of halogens is 1. The standard InChI is InChI=1S/C18H32ClN3O3/c1-4-24-18(23)22-10-5-6-16(9-13-22)21-11-7-15(8-12-21)17(19)20-25-14(2)3/h14-16H,4-13H2,1-3H3/b20-17-. The number of amides is 1. The molecule has 6 nitrogen and oxygen atoms in total. The molecule has 2 saturated heterocycles. The van der Waals surface area contributed by atoms with Crippen molar-refractivity contribution in [2.45, 2.75) is 65.0 Å². The molecule has 0 aliphatic carbocycles. The fourth-order valence-electron chi connectivity index (χ4n) is 3.57. The molecule has 0 aromatic heterocycles. The van der Waals surface area contributed by atoms with Crippen LogP contribution in [-0.2, 0) is 9.57 Å². The third-order valence-corrected chi connectivity index (χ3v) is 5.33. The van der Waals surface area contributed by atoms with Gasteiger partial charge in [-0.25, -0.2) is 4.79 Å². The number of oxime groups is 1. The van der Waals surface area contributed by atoms with E-state index in [2.05, 4.69) is 10.1 Å². The Morgan fingerprint density at radius 1 is 1.16 bits per heavy atom. The van der Waals surface area contributed by atoms with Crippen LogP contribution in [0, 0.1) is 5.92 Å². The maximum Gasteiger partial charge on any atom is 0.409 e. The molecule has 144 valence electrons. The molecule has 2 aliphatic heterocycles. The van der Waals surface area contributed by atoms with Gasteiger partial charge in [-0.15, -0.1) is 0 Å². The van der Waals surface area contributed by atoms with Crippen molar-refractivity contribution >= 4 is 22.9 Å². The number of nitrogens with zero attached hydrogens (tertiary/aromatic N) is 3. The van der Waals surface area contributed by atoms with Crippen molar-refractivity contribution in [1.82, 2.24) is 9.80 Å². The first-order valence-corrected chi connectivity index (χ1v) is 9.94. The Morgan fingerprint density at radius 2 is 1.88 bits per heavy atom. The van der Waals surface area contributed by atoms with Gasteiger partial charge in [0.25, 0.3) is 0 Å². The number of piperidine rings is 1. The molecule has 25 heavy (non-hydrogen) atoms. The van der Waals surface area contributed by atoms with Crippen LogP contribution in [0.25, 0.3) is 0 Å². The van der Waals surface area contributed by atoms with Crippen LogP contribution in [0.2, 0.25) is 0 Å². The van der Waals surface area contributed by atoms with Crippen molar-refractivity contribution in [2.24, 2.45) is 11.1 Å². The maximum absolute atomic E-state index is 11.9. The molecule has 2 rings (SSSR count). The predicted molar refractivity (Wildman–Crippen MR) is 100 cm³/mol. The zero-order valence-electron chi connectivity index (χ0n) is 15.7. The molecule has 1 atom stereocenters. The van der Waals surface area contributed by atoms with Gasteiger partial charge < -0.3 is 19.4 Å². The lowest BCUT2D eigenvalue weighted by atomic mass is 9.95. The van der Waals surface area contributed by atoms with Crippen LogP contribution >= 0.6 is 11.6 Å². The minimum atomic E-state index is -0.171. The number of hydrogen-bond donors (Lipinski definition) is 0. The Labute approximate surface area is 156 Å². The quantitative estimate of drug-likeness (QED) is 0.544. The van der Waals surface area contributed by atoms with E-state index in [1.165, 1.54) is 0 Å². The number of carbonyl (C=O) groups excluding carboxylic acids is 1. The molecular formula is C18H32ClN3O3. The van der Waals surface area contributed by atoms with E-state index in [1.54, 1.807) is 0 Å². The molecular weight excluding hydrogens is 342 g/mol. The van der Waals surface area contributed by atoms with Crippen LogP contribution in [0.3, 0.4) is 0 Å². The van der Waals surface area contributed by atoms with Gasteiger partial charge in [0.2, 0.25) is 0 Å². The first kappa shape index (κ1) is 20.3. The van der Waals surface area contributed by atoms with Crippen LogP contribution in [-0.4, -0.2) is 66.0 Å². The van der Waals surface area contributed by atoms with Gasteiger partial charge in [-0.1, -0.05) is 16.8 Å². The summed E-state index contributed by atoms with van der Waals surface area (Å²) in [7, 11) is 0. The summed E-state index contributed by atoms with van der Waals surface area (Å²) in [5.41, 5.74) is 0. The van der Waals surface area contributed by atoms with Gasteiger partial charge >= 0.3 is 6.09 Å². The lowest BCUT2D eigenvalue weighted by molar-refractivity contribution is 0.0834. The van der Waals surface area contributed by atoms with E-state index in [-0.39, 0.29) is 12.2 Å². The molecule has 0 aromatic carbocycles. The molecule has 0 radical (unpaired) electrons. The van der Waals surface area contributed by atoms with Crippen LogP contribution in [0.1, 0.15) is 52.9 Å². The van der Waals surface area contributed by atoms with Crippen molar-refractivity contribution in [1.29, 1.82) is 0 Å². The van der Waals surface area contributed by atoms with Crippen LogP contribution in [0.4, 0.5) is 4.79 Å². The third kappa shape index (κ3) is 6.33. The van der Waals surface area contributed by atoms with Gasteiger partial charge in [0.05, 0.1) is 6.61 Å². The Bertz CT molecular complexity index is 451. The Balaban J connectivity index is 1.79. The molecule has 1 amide bonds. The van der Waals surface area contributed by atoms with Crippen molar-refractivity contribution in [3.8, 4) is 0 Å². The first-order valence-electron chi connectivity index (χ1n) is 9.56. The monoisotopic (exact) mass is 373 g/mol. The lowest BCUT2D eigenvalue weighted by Crippen LogP contribution is -2.43. The minimum absolute atomic E-state index is 0.0576. The van der Waals surface area contributed by atoms with Gasteiger partial charge in [-0.2, -0.15) is 0 Å². The summed E-state index contributed by atoms with van der Waals surface area (Å²) in [5.74, 6) is 0.304. The predicted octanol–water partition coefficient (Wildman–Crippen LogP) is 3.69. The van der Waals surface area contributed by atoms with Gasteiger partial charge in [0.15, 0.2) is 0 Å². The van der Waals surface area contributed by atoms with Gasteiger partial charge in [-0.3, -0.25) is 0 Å². The fraction of sp³-hybridized carbons (Fsp3) is 0.889. The van der Waals surface area contributed by atoms with E-state index < -0.39 is 0 Å². The third-order valence-electron chi connectivity index (χ3n) is 4.96. The molecule has 0 bridgehead atoms. The summed E-state index contributed by atoms with van der Waals surface area (Å²) in [6, 6.07) is 0.544. The van der Waals surface area contributed by atoms with Crippen molar-refractivity contribution in [2.75, 3.05) is 32.8 Å². The highest BCUT2D eigenvalue weighted by Gasteiger charge is 2.29. The summed E-state index contributed by atoms with van der Waals surface area (Å²) in [6.07, 6.45) is 5.11. The molecule has 0 aromatic rings. The van der Waals surface area contributed by atoms with Gasteiger partial charge in [0, 0.05) is 25.0 Å². The fourth-order valence-corrected chi connectivity index (χ4v) is 3.83. The summed E-state index contributed by atoms with van der Waals surface area (Å²) >= 11 is 6.30. The topological polar surface area (TPSA) is 54.4 Å². The second-order valence-electron chi connectivity index (χ2n) is 7.15. The van der Waals surface area contributed by atoms with E-state index in [0.717, 1.165) is 58.3 Å². The van der Waals surface area contributed by atoms with Gasteiger partial charge in [-0.05, 0) is 66.0 Å². The zero-order chi connectivity index (χ0) is 18.2. The minimum Gasteiger partial charge on any atom is -0.450 e. The van der Waals surface area contributed by atoms with Crippen LogP contribution in [0.15, 0.2) is 5.16 Å². The lowest BCUT2D eigenvalue weighted by Gasteiger charge is -2.36. The average Bonchev–Trinajstić information content (AvgIpc) is 2.86. The first-order chi connectivity index (χ1) is 12.0. The van der Waals surface area contributed by atoms with E-state index >= 15 is 0 Å². The largest absolute Gasteiger partial charge is 0.450 e. The number of rotatable bonds is 5. The van der Waals surface area contributed by atoms with Crippen molar-refractivity contribution < 1.29 is 14.4 Å². The molecule has 2 aliphatic rings. The van der Waals surface area contributed by atoms with Crippen LogP contribution in [0.5, 0.6) is 0 Å². The van der Waals surface area contributed by atoms with E-state index in [9.17, 15) is 4.79 Å². The smallest absolute Gasteiger partial charge is 0.409 e. The normalized spacial score (nSPS) is 24.3. The Morgan fingerprint density at radius 3 is 2.52 bits per heavy atom. The van der Waals surface area contributed by atoms with Crippen LogP contribution < -0.4 is 0 Å². The highest BCUT2D eigenvalue weighted by Crippen LogP contribution is 2.26. The molecule has 7 heteroatoms. The van der Waals surface area contributed by atoms with E-state index in [4.69, 9.17) is 21.2 Å². The molecule has 0 saturated carbocycles. The molecule has 1 unspecified atom stereocenters. The number of hydrogen-bond acceptors (Lipinski definition) is 5. The molecule has 2 fully saturated rings. The van der Waals surface area contributed by atoms with Crippen molar-refractivity contribution in [3.63, 3.8) is 0 Å². The number of likely N-dealkylation sites (tertiary alicyclic amines) is 2. The molecule has 0 N–H and O–H groups in total. The maximum atomic E-state index is 11.9. The summed E-state index contributed by atoms with van der Waals surface area (Å²) in [5, 5.41) is 4.65. The second-order valence-corrected chi connectivity index (χ2v) is 7.54. The Hall–Kier alpha value is -1.01. The SMILES string of the molecule is CCOC(=O)N1CCCC(N2CCC(/C(Cl)=N/OC(C)C)CC2)CC1. The highest BCUT2D eigenvalue weighted by molar-refractivity contribution is 6.65. The Kier molecular flexibility index (Phi) is 8.30. The van der Waals surface area contributed by atoms with E-state index in [1.807, 2.05) is 25.7 Å². The van der Waals surface area contributed by atoms with Crippen molar-refractivity contribution in [3.05, 3.63) is 0 Å². The second kappa shape index (κ2) is 10.2. The number of carbonyl (C=O) groups is 1. The summed E-state index contributed by atoms with van der Waals surface area (Å²) in [4.78, 5) is 21.6. The molecule has 2 heterocycles. The summed E-state index contributed by atoms with van der Waals surface area (Å²) in [6.45, 7) is 9.83. The van der Waals surface area contributed by atoms with Gasteiger partial charge in [0.1, 0.15) is 11.3 Å². The highest BCUT2D eigenvalue weighted by atomic mass is 35.5. The zero-order valence-corrected chi connectivity index (χ0v) is 16.5. The average molecular weight is 374 g/mol. The number of ether oxygens (including phenoxy) is 1. The molecule has 0 spiro atoms. The van der Waals surface area contributed by atoms with E-state index in [0.29, 0.717) is 23.7 Å².